The van der Waals surface area contributed by atoms with Crippen LogP contribution in [0.2, 0.25) is 0 Å². The van der Waals surface area contributed by atoms with Crippen molar-refractivity contribution >= 4 is 28.2 Å². The Labute approximate surface area is 188 Å². The van der Waals surface area contributed by atoms with Crippen molar-refractivity contribution in [1.82, 2.24) is 29.4 Å². The molecule has 0 radical (unpaired) electrons. The highest BCUT2D eigenvalue weighted by Crippen LogP contribution is 2.31. The van der Waals surface area contributed by atoms with Gasteiger partial charge in [0.25, 0.3) is 0 Å². The Bertz CT molecular complexity index is 1350. The number of benzene rings is 1. The molecule has 5 rings (SSSR count). The van der Waals surface area contributed by atoms with Gasteiger partial charge in [-0.05, 0) is 39.7 Å². The van der Waals surface area contributed by atoms with E-state index < -0.39 is 23.3 Å². The summed E-state index contributed by atoms with van der Waals surface area (Å²) < 4.78 is 31.2. The lowest BCUT2D eigenvalue weighted by Crippen LogP contribution is -2.38. The van der Waals surface area contributed by atoms with Gasteiger partial charge in [-0.2, -0.15) is 9.61 Å². The molecule has 11 heteroatoms. The maximum absolute atomic E-state index is 14.2. The van der Waals surface area contributed by atoms with Gasteiger partial charge in [0.2, 0.25) is 5.95 Å². The van der Waals surface area contributed by atoms with Crippen molar-refractivity contribution in [3.05, 3.63) is 42.0 Å². The first kappa shape index (κ1) is 21.5. The average molecular weight is 457 g/mol. The molecule has 1 saturated heterocycles. The van der Waals surface area contributed by atoms with Crippen LogP contribution in [0.3, 0.4) is 0 Å². The van der Waals surface area contributed by atoms with Crippen LogP contribution < -0.4 is 10.6 Å². The second-order valence-electron chi connectivity index (χ2n) is 9.22. The summed E-state index contributed by atoms with van der Waals surface area (Å²) in [6, 6.07) is 1.98. The molecular weight excluding hydrogens is 430 g/mol. The summed E-state index contributed by atoms with van der Waals surface area (Å²) in [5.41, 5.74) is 6.68. The van der Waals surface area contributed by atoms with E-state index in [-0.39, 0.29) is 28.4 Å². The number of rotatable bonds is 4. The molecule has 0 spiro atoms. The summed E-state index contributed by atoms with van der Waals surface area (Å²) in [5, 5.41) is 19.3. The summed E-state index contributed by atoms with van der Waals surface area (Å²) in [5.74, 6) is -0.943. The number of anilines is 2. The minimum atomic E-state index is -0.787. The van der Waals surface area contributed by atoms with Crippen LogP contribution in [0.5, 0.6) is 0 Å². The molecule has 4 heterocycles. The molecule has 1 aliphatic heterocycles. The number of aliphatic hydroxyl groups excluding tert-OH is 1. The quantitative estimate of drug-likeness (QED) is 0.486. The fourth-order valence-corrected chi connectivity index (χ4v) is 4.25. The number of piperidine rings is 1. The van der Waals surface area contributed by atoms with Crippen LogP contribution in [-0.2, 0) is 5.54 Å². The van der Waals surface area contributed by atoms with Crippen molar-refractivity contribution in [3.8, 4) is 0 Å². The van der Waals surface area contributed by atoms with Gasteiger partial charge in [-0.3, -0.25) is 4.68 Å². The van der Waals surface area contributed by atoms with Crippen molar-refractivity contribution in [2.45, 2.75) is 51.2 Å². The third-order valence-corrected chi connectivity index (χ3v) is 6.67. The van der Waals surface area contributed by atoms with Crippen molar-refractivity contribution in [2.75, 3.05) is 23.7 Å². The predicted octanol–water partition coefficient (Wildman–Crippen LogP) is 2.83. The lowest BCUT2D eigenvalue weighted by atomic mass is 9.97. The van der Waals surface area contributed by atoms with Gasteiger partial charge in [0.15, 0.2) is 17.3 Å². The van der Waals surface area contributed by atoms with E-state index in [0.29, 0.717) is 12.4 Å². The normalized spacial score (nSPS) is 18.4. The number of hydrogen-bond donors (Lipinski definition) is 2. The number of fused-ring (bicyclic) bond motifs is 3. The Morgan fingerprint density at radius 3 is 2.79 bits per heavy atom. The Morgan fingerprint density at radius 2 is 2.03 bits per heavy atom. The Kier molecular flexibility index (Phi) is 4.96. The minimum absolute atomic E-state index is 0.000341. The Balaban J connectivity index is 1.48. The largest absolute Gasteiger partial charge is 0.391 e. The van der Waals surface area contributed by atoms with Gasteiger partial charge in [0.05, 0.1) is 28.9 Å². The maximum Gasteiger partial charge on any atom is 0.223 e. The molecule has 0 aliphatic carbocycles. The van der Waals surface area contributed by atoms with Gasteiger partial charge in [0, 0.05) is 31.3 Å². The first-order valence-electron chi connectivity index (χ1n) is 10.9. The van der Waals surface area contributed by atoms with Crippen LogP contribution in [0.1, 0.15) is 45.4 Å². The van der Waals surface area contributed by atoms with E-state index in [0.717, 1.165) is 31.1 Å². The molecule has 0 bridgehead atoms. The topological polar surface area (TPSA) is 110 Å². The monoisotopic (exact) mass is 456 g/mol. The second-order valence-corrected chi connectivity index (χ2v) is 9.22. The van der Waals surface area contributed by atoms with Crippen molar-refractivity contribution in [3.63, 3.8) is 0 Å². The Morgan fingerprint density at radius 1 is 1.24 bits per heavy atom. The zero-order chi connectivity index (χ0) is 23.5. The highest BCUT2D eigenvalue weighted by Gasteiger charge is 2.30. The average Bonchev–Trinajstić information content (AvgIpc) is 3.43. The number of aliphatic hydroxyl groups is 1. The number of halogens is 2. The lowest BCUT2D eigenvalue weighted by Gasteiger charge is -2.32. The number of nitrogen functional groups attached to an aromatic ring is 1. The molecule has 33 heavy (non-hydrogen) atoms. The van der Waals surface area contributed by atoms with E-state index in [9.17, 15) is 13.9 Å². The smallest absolute Gasteiger partial charge is 0.223 e. The molecule has 3 aromatic heterocycles. The van der Waals surface area contributed by atoms with Gasteiger partial charge in [0.1, 0.15) is 11.3 Å². The highest BCUT2D eigenvalue weighted by atomic mass is 19.1. The van der Waals surface area contributed by atoms with Gasteiger partial charge in [-0.25, -0.2) is 18.7 Å². The number of nitrogens with zero attached hydrogens (tertiary/aromatic N) is 7. The van der Waals surface area contributed by atoms with Gasteiger partial charge in [-0.15, -0.1) is 5.10 Å². The van der Waals surface area contributed by atoms with Crippen LogP contribution in [0.15, 0.2) is 24.5 Å². The zero-order valence-corrected chi connectivity index (χ0v) is 18.7. The fourth-order valence-electron chi connectivity index (χ4n) is 4.25. The van der Waals surface area contributed by atoms with Gasteiger partial charge >= 0.3 is 0 Å². The third kappa shape index (κ3) is 3.56. The van der Waals surface area contributed by atoms with Crippen molar-refractivity contribution in [1.29, 1.82) is 0 Å². The van der Waals surface area contributed by atoms with Gasteiger partial charge in [-0.1, -0.05) is 0 Å². The second kappa shape index (κ2) is 7.62. The van der Waals surface area contributed by atoms with E-state index in [1.165, 1.54) is 10.6 Å². The van der Waals surface area contributed by atoms with E-state index in [1.54, 1.807) is 17.8 Å². The molecule has 0 saturated carbocycles. The molecule has 4 aromatic rings. The molecule has 9 nitrogen and oxygen atoms in total. The van der Waals surface area contributed by atoms with E-state index in [1.807, 2.05) is 20.0 Å². The van der Waals surface area contributed by atoms with E-state index >= 15 is 0 Å². The van der Waals surface area contributed by atoms with Crippen molar-refractivity contribution in [2.24, 2.45) is 0 Å². The van der Waals surface area contributed by atoms with Gasteiger partial charge < -0.3 is 15.7 Å². The summed E-state index contributed by atoms with van der Waals surface area (Å²) in [6.07, 6.45) is 4.96. The highest BCUT2D eigenvalue weighted by molar-refractivity contribution is 5.92. The molecule has 2 atom stereocenters. The zero-order valence-electron chi connectivity index (χ0n) is 18.7. The van der Waals surface area contributed by atoms with E-state index in [4.69, 9.17) is 5.73 Å². The third-order valence-electron chi connectivity index (χ3n) is 6.67. The molecule has 1 fully saturated rings. The molecule has 0 amide bonds. The number of hydrogen-bond acceptors (Lipinski definition) is 7. The molecule has 1 aliphatic rings. The Hall–Kier alpha value is -3.34. The van der Waals surface area contributed by atoms with Crippen LogP contribution in [0.4, 0.5) is 20.4 Å². The van der Waals surface area contributed by atoms with Crippen LogP contribution in [0, 0.1) is 11.6 Å². The standard InChI is InChI=1S/C22H26F2N8O/c1-12(33)22(2,3)31-11-15(9-26-31)30-6-4-5-13(10-30)19-28-20-16-7-14(23)8-17(24)18(16)27-21(25)32(20)29-19/h7-9,11-13,33H,4-6,10H2,1-3H3,(H2,25,27)/t12-,13-/m1/s1. The summed E-state index contributed by atoms with van der Waals surface area (Å²) in [4.78, 5) is 10.9. The maximum atomic E-state index is 14.2. The van der Waals surface area contributed by atoms with Crippen LogP contribution in [-0.4, -0.2) is 53.7 Å². The predicted molar refractivity (Wildman–Crippen MR) is 120 cm³/mol. The molecule has 0 unspecified atom stereocenters. The first-order chi connectivity index (χ1) is 15.6. The summed E-state index contributed by atoms with van der Waals surface area (Å²) in [7, 11) is 0. The van der Waals surface area contributed by atoms with Crippen LogP contribution in [0.25, 0.3) is 16.6 Å². The number of aromatic nitrogens is 6. The summed E-state index contributed by atoms with van der Waals surface area (Å²) >= 11 is 0. The molecular formula is C22H26F2N8O. The molecule has 3 N–H and O–H groups in total. The molecule has 174 valence electrons. The molecule has 1 aromatic carbocycles. The number of nitrogens with two attached hydrogens (primary N) is 1. The van der Waals surface area contributed by atoms with Crippen LogP contribution >= 0.6 is 0 Å². The van der Waals surface area contributed by atoms with E-state index in [2.05, 4.69) is 25.1 Å². The lowest BCUT2D eigenvalue weighted by molar-refractivity contribution is 0.0647. The summed E-state index contributed by atoms with van der Waals surface area (Å²) in [6.45, 7) is 7.12. The first-order valence-corrected chi connectivity index (χ1v) is 10.9. The van der Waals surface area contributed by atoms with Crippen molar-refractivity contribution < 1.29 is 13.9 Å². The SMILES string of the molecule is C[C@@H](O)C(C)(C)n1cc(N2CCC[C@@H](c3nc4c5cc(F)cc(F)c5nc(N)n4n3)C2)cn1. The fraction of sp³-hybridized carbons (Fsp3) is 0.455. The minimum Gasteiger partial charge on any atom is -0.391 e.